The Morgan fingerprint density at radius 2 is 1.88 bits per heavy atom. The molecule has 3 heterocycles. The standard InChI is InChI=1S/C18H25N5O/c1-24-18-6-5-14(11-19-18)12-22-7-9-23(10-8-22)13-17-15-3-2-4-16(15)20-21-17/h5-6,11H,2-4,7-10,12-13H2,1H3,(H,20,21). The van der Waals surface area contributed by atoms with Crippen molar-refractivity contribution in [1.29, 1.82) is 0 Å². The second kappa shape index (κ2) is 6.91. The maximum absolute atomic E-state index is 5.11. The lowest BCUT2D eigenvalue weighted by Gasteiger charge is -2.34. The number of ether oxygens (including phenoxy) is 1. The molecule has 0 amide bonds. The second-order valence-electron chi connectivity index (χ2n) is 6.74. The van der Waals surface area contributed by atoms with Crippen LogP contribution in [0.2, 0.25) is 0 Å². The zero-order chi connectivity index (χ0) is 16.4. The van der Waals surface area contributed by atoms with Crippen LogP contribution < -0.4 is 4.74 Å². The topological polar surface area (TPSA) is 57.3 Å². The van der Waals surface area contributed by atoms with Gasteiger partial charge in [-0.1, -0.05) is 6.07 Å². The van der Waals surface area contributed by atoms with E-state index in [2.05, 4.69) is 31.0 Å². The van der Waals surface area contributed by atoms with Crippen LogP contribution in [0.1, 0.15) is 28.9 Å². The van der Waals surface area contributed by atoms with E-state index in [9.17, 15) is 0 Å². The molecule has 24 heavy (non-hydrogen) atoms. The molecule has 2 aromatic rings. The molecule has 0 atom stereocenters. The summed E-state index contributed by atoms with van der Waals surface area (Å²) in [5.74, 6) is 0.676. The third-order valence-corrected chi connectivity index (χ3v) is 5.14. The predicted molar refractivity (Wildman–Crippen MR) is 92.0 cm³/mol. The molecule has 128 valence electrons. The number of H-pyrrole nitrogens is 1. The van der Waals surface area contributed by atoms with Crippen molar-refractivity contribution in [2.24, 2.45) is 0 Å². The summed E-state index contributed by atoms with van der Waals surface area (Å²) in [5, 5.41) is 7.76. The average Bonchev–Trinajstić information content (AvgIpc) is 3.22. The van der Waals surface area contributed by atoms with Crippen LogP contribution in [0.25, 0.3) is 0 Å². The average molecular weight is 327 g/mol. The molecule has 6 nitrogen and oxygen atoms in total. The zero-order valence-corrected chi connectivity index (χ0v) is 14.3. The number of aromatic nitrogens is 3. The van der Waals surface area contributed by atoms with Gasteiger partial charge in [-0.3, -0.25) is 14.9 Å². The van der Waals surface area contributed by atoms with Crippen molar-refractivity contribution in [2.75, 3.05) is 33.3 Å². The van der Waals surface area contributed by atoms with Gasteiger partial charge in [0.15, 0.2) is 0 Å². The molecule has 2 aromatic heterocycles. The number of hydrogen-bond donors (Lipinski definition) is 1. The van der Waals surface area contributed by atoms with Gasteiger partial charge in [0.25, 0.3) is 0 Å². The molecule has 0 unspecified atom stereocenters. The van der Waals surface area contributed by atoms with Crippen LogP contribution >= 0.6 is 0 Å². The number of piperazine rings is 1. The van der Waals surface area contributed by atoms with Crippen molar-refractivity contribution in [3.8, 4) is 5.88 Å². The Bertz CT molecular complexity index is 673. The molecule has 1 aliphatic heterocycles. The first-order valence-corrected chi connectivity index (χ1v) is 8.80. The van der Waals surface area contributed by atoms with Gasteiger partial charge in [-0.2, -0.15) is 5.10 Å². The first-order chi connectivity index (χ1) is 11.8. The largest absolute Gasteiger partial charge is 0.481 e. The lowest BCUT2D eigenvalue weighted by Crippen LogP contribution is -2.45. The van der Waals surface area contributed by atoms with E-state index in [0.717, 1.165) is 39.3 Å². The number of aryl methyl sites for hydroxylation is 1. The second-order valence-corrected chi connectivity index (χ2v) is 6.74. The van der Waals surface area contributed by atoms with Gasteiger partial charge in [0, 0.05) is 57.2 Å². The first-order valence-electron chi connectivity index (χ1n) is 8.80. The highest BCUT2D eigenvalue weighted by atomic mass is 16.5. The van der Waals surface area contributed by atoms with Crippen molar-refractivity contribution in [3.63, 3.8) is 0 Å². The Morgan fingerprint density at radius 3 is 2.58 bits per heavy atom. The van der Waals surface area contributed by atoms with Crippen molar-refractivity contribution < 1.29 is 4.74 Å². The predicted octanol–water partition coefficient (Wildman–Crippen LogP) is 1.62. The molecule has 1 aliphatic carbocycles. The van der Waals surface area contributed by atoms with Crippen molar-refractivity contribution in [3.05, 3.63) is 40.8 Å². The molecule has 0 spiro atoms. The normalized spacial score (nSPS) is 18.7. The number of pyridine rings is 1. The summed E-state index contributed by atoms with van der Waals surface area (Å²) in [4.78, 5) is 9.31. The highest BCUT2D eigenvalue weighted by Gasteiger charge is 2.22. The number of aromatic amines is 1. The van der Waals surface area contributed by atoms with Crippen LogP contribution in [0.3, 0.4) is 0 Å². The highest BCUT2D eigenvalue weighted by molar-refractivity contribution is 5.29. The molecule has 0 bridgehead atoms. The molecular weight excluding hydrogens is 302 g/mol. The van der Waals surface area contributed by atoms with E-state index >= 15 is 0 Å². The van der Waals surface area contributed by atoms with E-state index in [4.69, 9.17) is 4.74 Å². The number of rotatable bonds is 5. The zero-order valence-electron chi connectivity index (χ0n) is 14.3. The summed E-state index contributed by atoms with van der Waals surface area (Å²) in [6.45, 7) is 6.35. The maximum Gasteiger partial charge on any atom is 0.212 e. The lowest BCUT2D eigenvalue weighted by atomic mass is 10.2. The number of nitrogens with one attached hydrogen (secondary N) is 1. The minimum Gasteiger partial charge on any atom is -0.481 e. The smallest absolute Gasteiger partial charge is 0.212 e. The molecule has 4 rings (SSSR count). The van der Waals surface area contributed by atoms with Gasteiger partial charge in [-0.25, -0.2) is 4.98 Å². The minimum absolute atomic E-state index is 0.676. The van der Waals surface area contributed by atoms with Crippen LogP contribution in [-0.4, -0.2) is 58.3 Å². The highest BCUT2D eigenvalue weighted by Crippen LogP contribution is 2.24. The summed E-state index contributed by atoms with van der Waals surface area (Å²) in [7, 11) is 1.65. The third-order valence-electron chi connectivity index (χ3n) is 5.14. The van der Waals surface area contributed by atoms with Crippen LogP contribution in [0.5, 0.6) is 5.88 Å². The monoisotopic (exact) mass is 327 g/mol. The Balaban J connectivity index is 1.28. The molecule has 6 heteroatoms. The van der Waals surface area contributed by atoms with E-state index in [0.29, 0.717) is 5.88 Å². The molecule has 1 N–H and O–H groups in total. The Labute approximate surface area is 142 Å². The fourth-order valence-corrected chi connectivity index (χ4v) is 3.72. The van der Waals surface area contributed by atoms with Gasteiger partial charge in [-0.05, 0) is 30.4 Å². The maximum atomic E-state index is 5.11. The molecule has 0 aromatic carbocycles. The summed E-state index contributed by atoms with van der Waals surface area (Å²) in [6.07, 6.45) is 5.57. The summed E-state index contributed by atoms with van der Waals surface area (Å²) in [6, 6.07) is 4.04. The van der Waals surface area contributed by atoms with Crippen LogP contribution in [0, 0.1) is 0 Å². The number of nitrogens with zero attached hydrogens (tertiary/aromatic N) is 4. The van der Waals surface area contributed by atoms with E-state index < -0.39 is 0 Å². The van der Waals surface area contributed by atoms with Crippen LogP contribution in [-0.2, 0) is 25.9 Å². The summed E-state index contributed by atoms with van der Waals surface area (Å²) in [5.41, 5.74) is 5.38. The van der Waals surface area contributed by atoms with Gasteiger partial charge in [0.1, 0.15) is 0 Å². The fraction of sp³-hybridized carbons (Fsp3) is 0.556. The van der Waals surface area contributed by atoms with E-state index in [1.54, 1.807) is 7.11 Å². The lowest BCUT2D eigenvalue weighted by molar-refractivity contribution is 0.120. The molecule has 0 radical (unpaired) electrons. The Hall–Kier alpha value is -1.92. The molecule has 1 fully saturated rings. The van der Waals surface area contributed by atoms with Gasteiger partial charge in [0.2, 0.25) is 5.88 Å². The molecule has 0 saturated carbocycles. The minimum atomic E-state index is 0.676. The quantitative estimate of drug-likeness (QED) is 0.904. The number of fused-ring (bicyclic) bond motifs is 1. The van der Waals surface area contributed by atoms with Gasteiger partial charge in [-0.15, -0.1) is 0 Å². The van der Waals surface area contributed by atoms with Crippen LogP contribution in [0.4, 0.5) is 0 Å². The molecule has 1 saturated heterocycles. The molecule has 2 aliphatic rings. The molecular formula is C18H25N5O. The van der Waals surface area contributed by atoms with Gasteiger partial charge < -0.3 is 4.74 Å². The third kappa shape index (κ3) is 3.30. The number of hydrogen-bond acceptors (Lipinski definition) is 5. The van der Waals surface area contributed by atoms with Crippen molar-refractivity contribution in [1.82, 2.24) is 25.0 Å². The van der Waals surface area contributed by atoms with E-state index in [1.165, 1.54) is 41.8 Å². The Morgan fingerprint density at radius 1 is 1.08 bits per heavy atom. The van der Waals surface area contributed by atoms with Crippen LogP contribution in [0.15, 0.2) is 18.3 Å². The number of methoxy groups -OCH3 is 1. The summed E-state index contributed by atoms with van der Waals surface area (Å²) >= 11 is 0. The van der Waals surface area contributed by atoms with Gasteiger partial charge in [0.05, 0.1) is 12.8 Å². The SMILES string of the molecule is COc1ccc(CN2CCN(Cc3n[nH]c4c3CCC4)CC2)cn1. The summed E-state index contributed by atoms with van der Waals surface area (Å²) < 4.78 is 5.11. The fourth-order valence-electron chi connectivity index (χ4n) is 3.72. The Kier molecular flexibility index (Phi) is 4.49. The first kappa shape index (κ1) is 15.6. The van der Waals surface area contributed by atoms with Crippen molar-refractivity contribution in [2.45, 2.75) is 32.4 Å². The van der Waals surface area contributed by atoms with Gasteiger partial charge >= 0.3 is 0 Å². The van der Waals surface area contributed by atoms with E-state index in [-0.39, 0.29) is 0 Å². The van der Waals surface area contributed by atoms with E-state index in [1.807, 2.05) is 12.3 Å². The van der Waals surface area contributed by atoms with Crippen molar-refractivity contribution >= 4 is 0 Å².